The third-order valence-corrected chi connectivity index (χ3v) is 5.06. The molecule has 0 radical (unpaired) electrons. The van der Waals surface area contributed by atoms with Crippen molar-refractivity contribution < 1.29 is 13.6 Å². The second-order valence-corrected chi connectivity index (χ2v) is 6.92. The number of aromatic nitrogens is 1. The SMILES string of the molecule is O=C(Nc1cccc(Cl)c1Cl)c1ccccc1-c1ncc(-c2ccc(F)cc2)o1. The number of nitrogens with zero attached hydrogens (tertiary/aromatic N) is 1. The fraction of sp³-hybridized carbons (Fsp3) is 0. The first-order chi connectivity index (χ1) is 14.0. The van der Waals surface area contributed by atoms with Crippen LogP contribution in [0.15, 0.2) is 77.3 Å². The largest absolute Gasteiger partial charge is 0.436 e. The van der Waals surface area contributed by atoms with Crippen LogP contribution < -0.4 is 5.32 Å². The van der Waals surface area contributed by atoms with E-state index in [0.29, 0.717) is 33.2 Å². The maximum absolute atomic E-state index is 13.1. The van der Waals surface area contributed by atoms with Crippen LogP contribution in [0, 0.1) is 5.82 Å². The van der Waals surface area contributed by atoms with Gasteiger partial charge in [0.1, 0.15) is 5.82 Å². The van der Waals surface area contributed by atoms with E-state index >= 15 is 0 Å². The quantitative estimate of drug-likeness (QED) is 0.394. The third-order valence-electron chi connectivity index (χ3n) is 4.24. The van der Waals surface area contributed by atoms with Gasteiger partial charge >= 0.3 is 0 Å². The van der Waals surface area contributed by atoms with E-state index in [1.54, 1.807) is 54.6 Å². The molecule has 0 fully saturated rings. The number of rotatable bonds is 4. The lowest BCUT2D eigenvalue weighted by atomic mass is 10.1. The van der Waals surface area contributed by atoms with E-state index in [0.717, 1.165) is 0 Å². The van der Waals surface area contributed by atoms with E-state index in [9.17, 15) is 9.18 Å². The minimum Gasteiger partial charge on any atom is -0.436 e. The predicted molar refractivity (Wildman–Crippen MR) is 112 cm³/mol. The molecule has 0 saturated heterocycles. The summed E-state index contributed by atoms with van der Waals surface area (Å²) in [6, 6.07) is 17.8. The summed E-state index contributed by atoms with van der Waals surface area (Å²) < 4.78 is 19.0. The van der Waals surface area contributed by atoms with Crippen molar-refractivity contribution in [1.82, 2.24) is 4.98 Å². The highest BCUT2D eigenvalue weighted by Gasteiger charge is 2.18. The van der Waals surface area contributed by atoms with Crippen molar-refractivity contribution >= 4 is 34.8 Å². The van der Waals surface area contributed by atoms with Gasteiger partial charge in [0, 0.05) is 11.1 Å². The molecule has 0 aliphatic heterocycles. The van der Waals surface area contributed by atoms with Gasteiger partial charge in [-0.2, -0.15) is 0 Å². The molecule has 144 valence electrons. The first-order valence-electron chi connectivity index (χ1n) is 8.59. The molecule has 0 saturated carbocycles. The van der Waals surface area contributed by atoms with E-state index in [1.807, 2.05) is 0 Å². The molecule has 0 bridgehead atoms. The van der Waals surface area contributed by atoms with Crippen molar-refractivity contribution in [3.8, 4) is 22.8 Å². The summed E-state index contributed by atoms with van der Waals surface area (Å²) in [7, 11) is 0. The van der Waals surface area contributed by atoms with Gasteiger partial charge in [0.05, 0.1) is 27.5 Å². The molecule has 1 N–H and O–H groups in total. The first kappa shape index (κ1) is 19.2. The highest BCUT2D eigenvalue weighted by atomic mass is 35.5. The molecule has 1 heterocycles. The molecular weight excluding hydrogens is 414 g/mol. The van der Waals surface area contributed by atoms with Crippen molar-refractivity contribution in [1.29, 1.82) is 0 Å². The number of hydrogen-bond donors (Lipinski definition) is 1. The number of oxazole rings is 1. The molecule has 7 heteroatoms. The molecule has 1 amide bonds. The molecular formula is C22H13Cl2FN2O2. The summed E-state index contributed by atoms with van der Waals surface area (Å²) in [5.41, 5.74) is 1.95. The topological polar surface area (TPSA) is 55.1 Å². The number of nitrogens with one attached hydrogen (secondary N) is 1. The summed E-state index contributed by atoms with van der Waals surface area (Å²) >= 11 is 12.2. The Morgan fingerprint density at radius 3 is 2.52 bits per heavy atom. The Morgan fingerprint density at radius 2 is 1.72 bits per heavy atom. The van der Waals surface area contributed by atoms with Crippen LogP contribution in [0.4, 0.5) is 10.1 Å². The average molecular weight is 427 g/mol. The molecule has 4 rings (SSSR count). The normalized spacial score (nSPS) is 10.7. The van der Waals surface area contributed by atoms with Crippen LogP contribution >= 0.6 is 23.2 Å². The summed E-state index contributed by atoms with van der Waals surface area (Å²) in [5.74, 6) is 0.0156. The molecule has 0 unspecified atom stereocenters. The van der Waals surface area contributed by atoms with Crippen LogP contribution in [-0.2, 0) is 0 Å². The Balaban J connectivity index is 1.66. The standard InChI is InChI=1S/C22H13Cl2FN2O2/c23-17-6-3-7-18(20(17)24)27-21(28)15-4-1-2-5-16(15)22-26-12-19(29-22)13-8-10-14(25)11-9-13/h1-12H,(H,27,28). The van der Waals surface area contributed by atoms with E-state index in [2.05, 4.69) is 10.3 Å². The molecule has 0 spiro atoms. The third kappa shape index (κ3) is 4.01. The van der Waals surface area contributed by atoms with Crippen LogP contribution in [0.3, 0.4) is 0 Å². The van der Waals surface area contributed by atoms with Crippen molar-refractivity contribution in [3.63, 3.8) is 0 Å². The van der Waals surface area contributed by atoms with Gasteiger partial charge in [-0.05, 0) is 48.5 Å². The monoisotopic (exact) mass is 426 g/mol. The zero-order chi connectivity index (χ0) is 20.4. The maximum atomic E-state index is 13.1. The van der Waals surface area contributed by atoms with Crippen molar-refractivity contribution in [2.24, 2.45) is 0 Å². The Morgan fingerprint density at radius 1 is 0.966 bits per heavy atom. The second-order valence-electron chi connectivity index (χ2n) is 6.14. The number of anilines is 1. The number of amides is 1. The molecule has 0 atom stereocenters. The van der Waals surface area contributed by atoms with Crippen LogP contribution in [0.5, 0.6) is 0 Å². The number of benzene rings is 3. The number of halogens is 3. The van der Waals surface area contributed by atoms with Gasteiger partial charge < -0.3 is 9.73 Å². The average Bonchev–Trinajstić information content (AvgIpc) is 3.22. The smallest absolute Gasteiger partial charge is 0.256 e. The van der Waals surface area contributed by atoms with Crippen LogP contribution in [0.25, 0.3) is 22.8 Å². The lowest BCUT2D eigenvalue weighted by Gasteiger charge is -2.10. The van der Waals surface area contributed by atoms with Crippen molar-refractivity contribution in [2.45, 2.75) is 0 Å². The van der Waals surface area contributed by atoms with E-state index in [-0.39, 0.29) is 22.6 Å². The zero-order valence-corrected chi connectivity index (χ0v) is 16.3. The number of hydrogen-bond acceptors (Lipinski definition) is 3. The van der Waals surface area contributed by atoms with Gasteiger partial charge in [-0.25, -0.2) is 9.37 Å². The molecule has 1 aromatic heterocycles. The van der Waals surface area contributed by atoms with Crippen LogP contribution in [0.2, 0.25) is 10.0 Å². The fourth-order valence-corrected chi connectivity index (χ4v) is 3.15. The highest BCUT2D eigenvalue weighted by Crippen LogP contribution is 2.32. The lowest BCUT2D eigenvalue weighted by Crippen LogP contribution is -2.13. The molecule has 29 heavy (non-hydrogen) atoms. The van der Waals surface area contributed by atoms with Gasteiger partial charge in [0.2, 0.25) is 5.89 Å². The highest BCUT2D eigenvalue weighted by molar-refractivity contribution is 6.44. The minimum absolute atomic E-state index is 0.259. The number of carbonyl (C=O) groups excluding carboxylic acids is 1. The lowest BCUT2D eigenvalue weighted by molar-refractivity contribution is 0.102. The Kier molecular flexibility index (Phi) is 5.34. The van der Waals surface area contributed by atoms with E-state index in [4.69, 9.17) is 27.6 Å². The summed E-state index contributed by atoms with van der Waals surface area (Å²) in [5, 5.41) is 3.36. The molecule has 0 aliphatic carbocycles. The van der Waals surface area contributed by atoms with Crippen molar-refractivity contribution in [3.05, 3.63) is 94.4 Å². The van der Waals surface area contributed by atoms with Gasteiger partial charge in [-0.15, -0.1) is 0 Å². The molecule has 4 nitrogen and oxygen atoms in total. The Bertz CT molecular complexity index is 1190. The first-order valence-corrected chi connectivity index (χ1v) is 9.35. The zero-order valence-electron chi connectivity index (χ0n) is 14.8. The van der Waals surface area contributed by atoms with Crippen LogP contribution in [0.1, 0.15) is 10.4 Å². The molecule has 3 aromatic carbocycles. The van der Waals surface area contributed by atoms with Gasteiger partial charge in [-0.3, -0.25) is 4.79 Å². The Labute approximate surface area is 175 Å². The molecule has 0 aliphatic rings. The predicted octanol–water partition coefficient (Wildman–Crippen LogP) is 6.71. The summed E-state index contributed by atoms with van der Waals surface area (Å²) in [6.45, 7) is 0. The van der Waals surface area contributed by atoms with E-state index in [1.165, 1.54) is 18.3 Å². The van der Waals surface area contributed by atoms with Gasteiger partial charge in [0.15, 0.2) is 5.76 Å². The van der Waals surface area contributed by atoms with Gasteiger partial charge in [0.25, 0.3) is 5.91 Å². The molecule has 4 aromatic rings. The van der Waals surface area contributed by atoms with Crippen molar-refractivity contribution in [2.75, 3.05) is 5.32 Å². The fourth-order valence-electron chi connectivity index (χ4n) is 2.80. The second kappa shape index (κ2) is 8.07. The summed E-state index contributed by atoms with van der Waals surface area (Å²) in [4.78, 5) is 17.1. The van der Waals surface area contributed by atoms with Gasteiger partial charge in [-0.1, -0.05) is 41.4 Å². The minimum atomic E-state index is -0.383. The Hall–Kier alpha value is -3.15. The van der Waals surface area contributed by atoms with Crippen LogP contribution in [-0.4, -0.2) is 10.9 Å². The summed E-state index contributed by atoms with van der Waals surface area (Å²) in [6.07, 6.45) is 1.53. The number of carbonyl (C=O) groups is 1. The maximum Gasteiger partial charge on any atom is 0.256 e. The van der Waals surface area contributed by atoms with E-state index < -0.39 is 0 Å².